The molecule has 7 rings (SSSR count). The maximum absolute atomic E-state index is 14.9. The van der Waals surface area contributed by atoms with Crippen molar-refractivity contribution in [2.75, 3.05) is 23.6 Å². The average molecular weight is 709 g/mol. The van der Waals surface area contributed by atoms with Crippen molar-refractivity contribution in [3.05, 3.63) is 101 Å². The Morgan fingerprint density at radius 1 is 1.04 bits per heavy atom. The van der Waals surface area contributed by atoms with Gasteiger partial charge in [-0.15, -0.1) is 5.10 Å². The zero-order valence-electron chi connectivity index (χ0n) is 29.4. The lowest BCUT2D eigenvalue weighted by Gasteiger charge is -2.32. The molecule has 3 aromatic carbocycles. The van der Waals surface area contributed by atoms with Crippen LogP contribution in [0.4, 0.5) is 11.4 Å². The lowest BCUT2D eigenvalue weighted by molar-refractivity contribution is -0.146. The summed E-state index contributed by atoms with van der Waals surface area (Å²) in [7, 11) is -1.26. The van der Waals surface area contributed by atoms with Gasteiger partial charge < -0.3 is 24.3 Å². The minimum absolute atomic E-state index is 0.00919. The van der Waals surface area contributed by atoms with Gasteiger partial charge in [-0.05, 0) is 61.0 Å². The molecule has 4 heterocycles. The van der Waals surface area contributed by atoms with Crippen LogP contribution in [0, 0.1) is 5.92 Å². The first kappa shape index (κ1) is 34.7. The highest BCUT2D eigenvalue weighted by atomic mass is 28.4. The Balaban J connectivity index is 1.17. The average Bonchev–Trinajstić information content (AvgIpc) is 3.77. The molecule has 0 unspecified atom stereocenters. The number of hydrogen-bond acceptors (Lipinski definition) is 9. The summed E-state index contributed by atoms with van der Waals surface area (Å²) in [6.07, 6.45) is 3.30. The van der Waals surface area contributed by atoms with E-state index in [-0.39, 0.29) is 36.4 Å². The van der Waals surface area contributed by atoms with Crippen LogP contribution in [0.2, 0.25) is 18.6 Å². The Morgan fingerprint density at radius 2 is 1.80 bits per heavy atom. The van der Waals surface area contributed by atoms with Gasteiger partial charge in [0.1, 0.15) is 5.75 Å². The molecular weight excluding hydrogens is 665 g/mol. The minimum Gasteiger partial charge on any atom is -0.497 e. The van der Waals surface area contributed by atoms with Gasteiger partial charge in [0.15, 0.2) is 13.9 Å². The maximum atomic E-state index is 14.9. The van der Waals surface area contributed by atoms with Crippen LogP contribution >= 0.6 is 0 Å². The summed E-state index contributed by atoms with van der Waals surface area (Å²) in [6.45, 7) is 6.59. The molecule has 1 saturated heterocycles. The molecule has 0 aliphatic carbocycles. The summed E-state index contributed by atoms with van der Waals surface area (Å²) in [5.74, 6) is 0.0390. The summed E-state index contributed by atoms with van der Waals surface area (Å²) in [5, 5.41) is 23.8. The third-order valence-electron chi connectivity index (χ3n) is 10.4. The van der Waals surface area contributed by atoms with Gasteiger partial charge in [-0.3, -0.25) is 14.3 Å². The van der Waals surface area contributed by atoms with E-state index in [9.17, 15) is 19.5 Å². The highest BCUT2D eigenvalue weighted by Gasteiger charge is 2.66. The summed E-state index contributed by atoms with van der Waals surface area (Å²) in [5.41, 5.74) is 4.00. The molecule has 2 amide bonds. The number of carbonyl (C=O) groups is 2. The number of aliphatic hydroxyl groups excluding tert-OH is 1. The van der Waals surface area contributed by atoms with E-state index < -0.39 is 20.0 Å². The fraction of sp³-hybridized carbons (Fsp3) is 0.395. The van der Waals surface area contributed by atoms with Crippen LogP contribution in [0.5, 0.6) is 5.75 Å². The number of fused-ring (bicyclic) bond motifs is 2. The SMILES string of the molecule is COc1ccc2c(c1)[C@]1(O[C@@H](CCn3cc(CCO)nn3)[C@H]([Si](C)(C)O)[C@H]1C)C(=O)N2Cc1ccc(N2N=C(c3ccccc3)CCC2=O)cc1. The van der Waals surface area contributed by atoms with Crippen LogP contribution in [0.3, 0.4) is 0 Å². The second-order valence-electron chi connectivity index (χ2n) is 14.2. The molecule has 51 heavy (non-hydrogen) atoms. The first-order valence-electron chi connectivity index (χ1n) is 17.5. The predicted octanol–water partition coefficient (Wildman–Crippen LogP) is 4.79. The molecule has 1 spiro atoms. The van der Waals surface area contributed by atoms with E-state index in [2.05, 4.69) is 10.3 Å². The molecule has 266 valence electrons. The summed E-state index contributed by atoms with van der Waals surface area (Å²) < 4.78 is 14.3. The van der Waals surface area contributed by atoms with Gasteiger partial charge in [0.25, 0.3) is 5.91 Å². The Kier molecular flexibility index (Phi) is 9.39. The topological polar surface area (TPSA) is 143 Å². The van der Waals surface area contributed by atoms with E-state index in [1.807, 2.05) is 99.0 Å². The van der Waals surface area contributed by atoms with Crippen molar-refractivity contribution in [1.82, 2.24) is 15.0 Å². The number of nitrogens with zero attached hydrogens (tertiary/aromatic N) is 6. The molecule has 0 radical (unpaired) electrons. The fourth-order valence-electron chi connectivity index (χ4n) is 8.06. The number of methoxy groups -OCH3 is 1. The molecule has 2 N–H and O–H groups in total. The first-order chi connectivity index (χ1) is 24.5. The number of hydrogen-bond donors (Lipinski definition) is 2. The van der Waals surface area contributed by atoms with E-state index in [0.717, 1.165) is 28.1 Å². The molecule has 13 heteroatoms. The molecular formula is C38H44N6O6Si. The lowest BCUT2D eigenvalue weighted by Crippen LogP contribution is -2.46. The minimum atomic E-state index is -2.86. The zero-order valence-corrected chi connectivity index (χ0v) is 30.4. The van der Waals surface area contributed by atoms with Gasteiger partial charge in [0.05, 0.1) is 42.5 Å². The van der Waals surface area contributed by atoms with Gasteiger partial charge in [0.2, 0.25) is 5.91 Å². The Labute approximate surface area is 298 Å². The second kappa shape index (κ2) is 13.8. The summed E-state index contributed by atoms with van der Waals surface area (Å²) in [6, 6.07) is 23.1. The van der Waals surface area contributed by atoms with Crippen molar-refractivity contribution in [3.63, 3.8) is 0 Å². The number of aryl methyl sites for hydroxylation is 1. The molecule has 0 saturated carbocycles. The number of ether oxygens (including phenoxy) is 2. The molecule has 0 bridgehead atoms. The van der Waals surface area contributed by atoms with Gasteiger partial charge in [0, 0.05) is 55.6 Å². The predicted molar refractivity (Wildman–Crippen MR) is 195 cm³/mol. The molecule has 4 atom stereocenters. The largest absolute Gasteiger partial charge is 0.497 e. The van der Waals surface area contributed by atoms with Crippen molar-refractivity contribution in [2.45, 2.75) is 76.0 Å². The van der Waals surface area contributed by atoms with Gasteiger partial charge >= 0.3 is 0 Å². The standard InChI is InChI=1S/C38H44N6O6Si/c1-25-36(51(3,4)48)34(18-20-42-24-28(19-21-45)39-41-42)50-38(25)31-22-30(49-2)14-16-33(31)43(37(38)47)23-26-10-12-29(13-11-26)44-35(46)17-15-32(40-44)27-8-6-5-7-9-27/h5-14,16,22,24-25,34,36,45,48H,15,17-21,23H2,1-4H3/t25-,34+,36-,38+/m1/s1. The van der Waals surface area contributed by atoms with Crippen molar-refractivity contribution in [1.29, 1.82) is 0 Å². The van der Waals surface area contributed by atoms with E-state index in [1.54, 1.807) is 16.7 Å². The number of carbonyl (C=O) groups excluding carboxylic acids is 2. The number of aliphatic hydroxyl groups is 1. The molecule has 12 nitrogen and oxygen atoms in total. The van der Waals surface area contributed by atoms with E-state index >= 15 is 0 Å². The van der Waals surface area contributed by atoms with Crippen LogP contribution in [-0.2, 0) is 39.4 Å². The number of amides is 2. The molecule has 3 aliphatic heterocycles. The van der Waals surface area contributed by atoms with E-state index in [1.165, 1.54) is 5.01 Å². The van der Waals surface area contributed by atoms with Gasteiger partial charge in [-0.2, -0.15) is 5.10 Å². The summed E-state index contributed by atoms with van der Waals surface area (Å²) in [4.78, 5) is 41.2. The van der Waals surface area contributed by atoms with Crippen LogP contribution in [-0.4, -0.2) is 70.6 Å². The number of benzene rings is 3. The van der Waals surface area contributed by atoms with Crippen LogP contribution in [0.1, 0.15) is 48.6 Å². The van der Waals surface area contributed by atoms with Crippen molar-refractivity contribution >= 4 is 37.2 Å². The van der Waals surface area contributed by atoms with Crippen molar-refractivity contribution in [3.8, 4) is 5.75 Å². The molecule has 1 aromatic heterocycles. The van der Waals surface area contributed by atoms with Crippen molar-refractivity contribution < 1.29 is 29.0 Å². The number of anilines is 2. The monoisotopic (exact) mass is 708 g/mol. The number of hydrazone groups is 1. The smallest absolute Gasteiger partial charge is 0.264 e. The van der Waals surface area contributed by atoms with E-state index in [4.69, 9.17) is 14.6 Å². The zero-order chi connectivity index (χ0) is 35.9. The quantitative estimate of drug-likeness (QED) is 0.212. The van der Waals surface area contributed by atoms with Crippen LogP contribution in [0.25, 0.3) is 0 Å². The van der Waals surface area contributed by atoms with E-state index in [0.29, 0.717) is 49.4 Å². The van der Waals surface area contributed by atoms with Crippen LogP contribution in [0.15, 0.2) is 84.1 Å². The normalized spacial score (nSPS) is 23.3. The third-order valence-corrected chi connectivity index (χ3v) is 13.0. The number of rotatable bonds is 11. The number of aromatic nitrogens is 3. The highest BCUT2D eigenvalue weighted by Crippen LogP contribution is 2.60. The van der Waals surface area contributed by atoms with Crippen LogP contribution < -0.4 is 14.6 Å². The second-order valence-corrected chi connectivity index (χ2v) is 18.1. The fourth-order valence-corrected chi connectivity index (χ4v) is 10.7. The van der Waals surface area contributed by atoms with Crippen molar-refractivity contribution in [2.24, 2.45) is 11.0 Å². The highest BCUT2D eigenvalue weighted by molar-refractivity contribution is 6.71. The molecule has 4 aromatic rings. The maximum Gasteiger partial charge on any atom is 0.264 e. The Morgan fingerprint density at radius 3 is 2.51 bits per heavy atom. The molecule has 3 aliphatic rings. The van der Waals surface area contributed by atoms with Gasteiger partial charge in [-0.1, -0.05) is 54.6 Å². The first-order valence-corrected chi connectivity index (χ1v) is 20.5. The van der Waals surface area contributed by atoms with Gasteiger partial charge in [-0.25, -0.2) is 5.01 Å². The summed E-state index contributed by atoms with van der Waals surface area (Å²) >= 11 is 0. The molecule has 1 fully saturated rings. The Bertz CT molecular complexity index is 1940. The lowest BCUT2D eigenvalue weighted by atomic mass is 9.82. The Hall–Kier alpha value is -4.69. The third kappa shape index (κ3) is 6.39.